The summed E-state index contributed by atoms with van der Waals surface area (Å²) in [6, 6.07) is 4.68. The Bertz CT molecular complexity index is 401. The van der Waals surface area contributed by atoms with E-state index >= 15 is 0 Å². The molecule has 2 fully saturated rings. The zero-order valence-corrected chi connectivity index (χ0v) is 15.0. The summed E-state index contributed by atoms with van der Waals surface area (Å²) in [6.07, 6.45) is 5.00. The highest BCUT2D eigenvalue weighted by atomic mass is 32.1. The van der Waals surface area contributed by atoms with E-state index in [4.69, 9.17) is 9.47 Å². The summed E-state index contributed by atoms with van der Waals surface area (Å²) in [5, 5.41) is 0. The van der Waals surface area contributed by atoms with Crippen LogP contribution >= 0.6 is 11.3 Å². The zero-order valence-electron chi connectivity index (χ0n) is 14.2. The topological polar surface area (TPSA) is 24.9 Å². The van der Waals surface area contributed by atoms with Crippen LogP contribution in [0.25, 0.3) is 0 Å². The Hall–Kier alpha value is -0.460. The van der Waals surface area contributed by atoms with Crippen LogP contribution in [0.1, 0.15) is 22.6 Å². The van der Waals surface area contributed by atoms with Gasteiger partial charge in [0.25, 0.3) is 0 Å². The molecule has 4 nitrogen and oxygen atoms in total. The first-order valence-electron chi connectivity index (χ1n) is 9.08. The van der Waals surface area contributed by atoms with E-state index in [0.29, 0.717) is 0 Å². The van der Waals surface area contributed by atoms with E-state index < -0.39 is 0 Å². The van der Waals surface area contributed by atoms with E-state index in [1.165, 1.54) is 38.8 Å². The minimum atomic E-state index is 0.909. The van der Waals surface area contributed by atoms with Gasteiger partial charge in [-0.05, 0) is 50.9 Å². The van der Waals surface area contributed by atoms with E-state index in [0.717, 1.165) is 52.6 Å². The number of nitrogens with zero attached hydrogens (tertiary/aromatic N) is 2. The second-order valence-corrected chi connectivity index (χ2v) is 7.74. The minimum Gasteiger partial charge on any atom is -0.379 e. The highest BCUT2D eigenvalue weighted by Gasteiger charge is 2.11. The molecule has 0 bridgehead atoms. The average molecular weight is 339 g/mol. The second kappa shape index (κ2) is 9.74. The molecule has 5 heteroatoms. The molecule has 0 radical (unpaired) electrons. The summed E-state index contributed by atoms with van der Waals surface area (Å²) in [5.74, 6) is 0. The van der Waals surface area contributed by atoms with Crippen molar-refractivity contribution >= 4 is 11.3 Å². The van der Waals surface area contributed by atoms with Gasteiger partial charge in [-0.25, -0.2) is 0 Å². The largest absolute Gasteiger partial charge is 0.379 e. The van der Waals surface area contributed by atoms with Gasteiger partial charge in [0.2, 0.25) is 0 Å². The molecule has 3 rings (SSSR count). The van der Waals surface area contributed by atoms with Gasteiger partial charge >= 0.3 is 0 Å². The van der Waals surface area contributed by atoms with Crippen molar-refractivity contribution in [1.82, 2.24) is 9.80 Å². The minimum absolute atomic E-state index is 0.909. The molecule has 1 aromatic rings. The highest BCUT2D eigenvalue weighted by molar-refractivity contribution is 7.11. The van der Waals surface area contributed by atoms with Crippen molar-refractivity contribution in [2.24, 2.45) is 0 Å². The van der Waals surface area contributed by atoms with Gasteiger partial charge in [0.05, 0.1) is 26.4 Å². The smallest absolute Gasteiger partial charge is 0.0594 e. The van der Waals surface area contributed by atoms with Crippen LogP contribution in [0.5, 0.6) is 0 Å². The van der Waals surface area contributed by atoms with E-state index in [-0.39, 0.29) is 0 Å². The summed E-state index contributed by atoms with van der Waals surface area (Å²) in [7, 11) is 0. The summed E-state index contributed by atoms with van der Waals surface area (Å²) in [5.41, 5.74) is 0. The Labute approximate surface area is 144 Å². The molecule has 2 aliphatic heterocycles. The first-order chi connectivity index (χ1) is 11.4. The third kappa shape index (κ3) is 6.16. The van der Waals surface area contributed by atoms with E-state index in [1.807, 2.05) is 11.3 Å². The number of hydrogen-bond donors (Lipinski definition) is 0. The normalized spacial score (nSPS) is 20.9. The Balaban J connectivity index is 1.29. The van der Waals surface area contributed by atoms with Crippen LogP contribution in [0, 0.1) is 0 Å². The second-order valence-electron chi connectivity index (χ2n) is 6.48. The Kier molecular flexibility index (Phi) is 7.36. The van der Waals surface area contributed by atoms with Crippen molar-refractivity contribution in [3.05, 3.63) is 21.9 Å². The lowest BCUT2D eigenvalue weighted by Crippen LogP contribution is -2.36. The summed E-state index contributed by atoms with van der Waals surface area (Å²) < 4.78 is 10.8. The predicted octanol–water partition coefficient (Wildman–Crippen LogP) is 2.28. The van der Waals surface area contributed by atoms with Gasteiger partial charge in [-0.15, -0.1) is 11.3 Å². The van der Waals surface area contributed by atoms with E-state index in [9.17, 15) is 0 Å². The van der Waals surface area contributed by atoms with Crippen LogP contribution in [-0.2, 0) is 22.3 Å². The molecule has 0 aliphatic carbocycles. The van der Waals surface area contributed by atoms with Gasteiger partial charge in [0, 0.05) is 35.9 Å². The molecule has 0 amide bonds. The maximum atomic E-state index is 5.40. The molecular formula is C18H30N2O2S. The number of hydrogen-bond acceptors (Lipinski definition) is 5. The van der Waals surface area contributed by atoms with Crippen molar-refractivity contribution in [2.45, 2.75) is 25.7 Å². The van der Waals surface area contributed by atoms with E-state index in [1.54, 1.807) is 9.75 Å². The number of morpholine rings is 2. The number of ether oxygens (including phenoxy) is 2. The molecule has 0 unspecified atom stereocenters. The molecule has 130 valence electrons. The maximum absolute atomic E-state index is 5.40. The highest BCUT2D eigenvalue weighted by Crippen LogP contribution is 2.20. The first kappa shape index (κ1) is 17.4. The number of rotatable bonds is 8. The van der Waals surface area contributed by atoms with E-state index in [2.05, 4.69) is 21.9 Å². The van der Waals surface area contributed by atoms with Gasteiger partial charge in [-0.3, -0.25) is 9.80 Å². The van der Waals surface area contributed by atoms with Crippen molar-refractivity contribution in [2.75, 3.05) is 65.7 Å². The zero-order chi connectivity index (χ0) is 15.7. The fourth-order valence-corrected chi connectivity index (χ4v) is 4.40. The monoisotopic (exact) mass is 338 g/mol. The lowest BCUT2D eigenvalue weighted by molar-refractivity contribution is 0.0374. The lowest BCUT2D eigenvalue weighted by atomic mass is 10.2. The molecule has 0 aromatic carbocycles. The third-order valence-corrected chi connectivity index (χ3v) is 5.92. The molecule has 1 aromatic heterocycles. The number of thiophene rings is 1. The van der Waals surface area contributed by atoms with Crippen LogP contribution in [0.2, 0.25) is 0 Å². The molecule has 0 N–H and O–H groups in total. The standard InChI is InChI=1S/C18H30N2O2S/c1(7-19-9-13-21-14-10-19)3-17-5-6-18(23-17)4-2-8-20-11-15-22-16-12-20/h5-6H,1-4,7-16H2. The van der Waals surface area contributed by atoms with Gasteiger partial charge in [0.1, 0.15) is 0 Å². The van der Waals surface area contributed by atoms with Gasteiger partial charge < -0.3 is 9.47 Å². The third-order valence-electron chi connectivity index (χ3n) is 4.72. The van der Waals surface area contributed by atoms with Crippen LogP contribution < -0.4 is 0 Å². The Morgan fingerprint density at radius 1 is 0.739 bits per heavy atom. The van der Waals surface area contributed by atoms with Gasteiger partial charge in [0.15, 0.2) is 0 Å². The van der Waals surface area contributed by atoms with Crippen LogP contribution in [0.3, 0.4) is 0 Å². The molecule has 2 saturated heterocycles. The maximum Gasteiger partial charge on any atom is 0.0594 e. The quantitative estimate of drug-likeness (QED) is 0.726. The fraction of sp³-hybridized carbons (Fsp3) is 0.778. The average Bonchev–Trinajstić information content (AvgIpc) is 3.05. The fourth-order valence-electron chi connectivity index (χ4n) is 3.29. The van der Waals surface area contributed by atoms with Gasteiger partial charge in [-0.1, -0.05) is 0 Å². The number of aryl methyl sites for hydroxylation is 2. The molecule has 2 aliphatic rings. The van der Waals surface area contributed by atoms with Crippen LogP contribution in [0.15, 0.2) is 12.1 Å². The van der Waals surface area contributed by atoms with Crippen LogP contribution in [-0.4, -0.2) is 75.5 Å². The Morgan fingerprint density at radius 3 is 1.61 bits per heavy atom. The Morgan fingerprint density at radius 2 is 1.17 bits per heavy atom. The van der Waals surface area contributed by atoms with Crippen LogP contribution in [0.4, 0.5) is 0 Å². The summed E-state index contributed by atoms with van der Waals surface area (Å²) >= 11 is 2.02. The van der Waals surface area contributed by atoms with Crippen molar-refractivity contribution in [3.8, 4) is 0 Å². The van der Waals surface area contributed by atoms with Crippen molar-refractivity contribution < 1.29 is 9.47 Å². The lowest BCUT2D eigenvalue weighted by Gasteiger charge is -2.26. The van der Waals surface area contributed by atoms with Crippen molar-refractivity contribution in [1.29, 1.82) is 0 Å². The molecule has 23 heavy (non-hydrogen) atoms. The van der Waals surface area contributed by atoms with Crippen molar-refractivity contribution in [3.63, 3.8) is 0 Å². The first-order valence-corrected chi connectivity index (χ1v) is 9.89. The molecule has 0 atom stereocenters. The summed E-state index contributed by atoms with van der Waals surface area (Å²) in [6.45, 7) is 10.5. The molecule has 0 spiro atoms. The molecular weight excluding hydrogens is 308 g/mol. The molecule has 3 heterocycles. The van der Waals surface area contributed by atoms with Gasteiger partial charge in [-0.2, -0.15) is 0 Å². The molecule has 0 saturated carbocycles. The SMILES string of the molecule is c1cc(CCCN2CCOCC2)sc1CCCN1CCOCC1. The summed E-state index contributed by atoms with van der Waals surface area (Å²) in [4.78, 5) is 8.17. The predicted molar refractivity (Wildman–Crippen MR) is 95.5 cm³/mol.